The molecule has 0 amide bonds. The number of hydrogen-bond acceptors (Lipinski definition) is 5. The molecule has 1 saturated heterocycles. The van der Waals surface area contributed by atoms with E-state index in [1.54, 1.807) is 0 Å². The van der Waals surface area contributed by atoms with Crippen LogP contribution in [0.3, 0.4) is 0 Å². The molecule has 0 spiro atoms. The molecule has 1 aliphatic heterocycles. The van der Waals surface area contributed by atoms with Crippen LogP contribution in [0.5, 0.6) is 5.75 Å². The van der Waals surface area contributed by atoms with Crippen LogP contribution >= 0.6 is 11.3 Å². The van der Waals surface area contributed by atoms with E-state index in [4.69, 9.17) is 15.7 Å². The van der Waals surface area contributed by atoms with Crippen LogP contribution in [-0.4, -0.2) is 19.2 Å². The van der Waals surface area contributed by atoms with Crippen LogP contribution in [0, 0.1) is 11.3 Å². The van der Waals surface area contributed by atoms with E-state index in [1.807, 2.05) is 13.8 Å². The Bertz CT molecular complexity index is 468. The summed E-state index contributed by atoms with van der Waals surface area (Å²) in [5.41, 5.74) is 6.55. The van der Waals surface area contributed by atoms with Crippen LogP contribution < -0.4 is 15.4 Å². The van der Waals surface area contributed by atoms with Crippen LogP contribution in [0.25, 0.3) is 0 Å². The summed E-state index contributed by atoms with van der Waals surface area (Å²) in [7, 11) is 0. The van der Waals surface area contributed by atoms with Gasteiger partial charge in [0.1, 0.15) is 21.6 Å². The minimum atomic E-state index is 0.0640. The highest BCUT2D eigenvalue weighted by molar-refractivity contribution is 7.17. The fraction of sp³-hybridized carbons (Fsp3) is 0.643. The SMILES string of the molecule is CC(C)Oc1c(N2CCCCCC2)sc(C#N)c1N. The third-order valence-corrected chi connectivity index (χ3v) is 4.38. The molecule has 2 rings (SSSR count). The number of rotatable bonds is 3. The summed E-state index contributed by atoms with van der Waals surface area (Å²) in [6.07, 6.45) is 5.02. The number of ether oxygens (including phenoxy) is 1. The van der Waals surface area contributed by atoms with Gasteiger partial charge in [-0.25, -0.2) is 0 Å². The number of nitrogen functional groups attached to an aromatic ring is 1. The van der Waals surface area contributed by atoms with Gasteiger partial charge < -0.3 is 15.4 Å². The lowest BCUT2D eigenvalue weighted by atomic mass is 10.2. The molecule has 2 N–H and O–H groups in total. The molecule has 2 heterocycles. The van der Waals surface area contributed by atoms with Gasteiger partial charge >= 0.3 is 0 Å². The molecule has 1 aliphatic rings. The lowest BCUT2D eigenvalue weighted by Gasteiger charge is -2.23. The van der Waals surface area contributed by atoms with Crippen molar-refractivity contribution in [3.63, 3.8) is 0 Å². The van der Waals surface area contributed by atoms with E-state index in [-0.39, 0.29) is 6.10 Å². The molecule has 0 aliphatic carbocycles. The minimum absolute atomic E-state index is 0.0640. The highest BCUT2D eigenvalue weighted by atomic mass is 32.1. The minimum Gasteiger partial charge on any atom is -0.486 e. The third-order valence-electron chi connectivity index (χ3n) is 3.23. The monoisotopic (exact) mass is 279 g/mol. The molecule has 0 unspecified atom stereocenters. The number of thiophene rings is 1. The van der Waals surface area contributed by atoms with Crippen LogP contribution in [-0.2, 0) is 0 Å². The smallest absolute Gasteiger partial charge is 0.178 e. The topological polar surface area (TPSA) is 62.3 Å². The van der Waals surface area contributed by atoms with E-state index in [0.717, 1.165) is 18.1 Å². The first-order chi connectivity index (χ1) is 9.13. The Morgan fingerprint density at radius 2 is 1.89 bits per heavy atom. The molecule has 0 radical (unpaired) electrons. The second-order valence-electron chi connectivity index (χ2n) is 5.16. The summed E-state index contributed by atoms with van der Waals surface area (Å²) in [6, 6.07) is 2.17. The van der Waals surface area contributed by atoms with Crippen LogP contribution in [0.1, 0.15) is 44.4 Å². The lowest BCUT2D eigenvalue weighted by Crippen LogP contribution is -2.24. The normalized spacial score (nSPS) is 16.2. The first-order valence-electron chi connectivity index (χ1n) is 6.87. The van der Waals surface area contributed by atoms with E-state index in [0.29, 0.717) is 16.3 Å². The molecular formula is C14H21N3OS. The van der Waals surface area contributed by atoms with Gasteiger partial charge in [-0.1, -0.05) is 12.8 Å². The molecule has 1 fully saturated rings. The highest BCUT2D eigenvalue weighted by Gasteiger charge is 2.23. The van der Waals surface area contributed by atoms with Gasteiger partial charge in [0, 0.05) is 13.1 Å². The summed E-state index contributed by atoms with van der Waals surface area (Å²) in [6.45, 7) is 6.02. The molecule has 0 aromatic carbocycles. The highest BCUT2D eigenvalue weighted by Crippen LogP contribution is 2.45. The number of nitriles is 1. The average Bonchev–Trinajstić information content (AvgIpc) is 2.60. The van der Waals surface area contributed by atoms with Crippen molar-refractivity contribution in [1.82, 2.24) is 0 Å². The van der Waals surface area contributed by atoms with E-state index in [2.05, 4.69) is 11.0 Å². The zero-order valence-electron chi connectivity index (χ0n) is 11.6. The van der Waals surface area contributed by atoms with Gasteiger partial charge in [0.2, 0.25) is 0 Å². The Morgan fingerprint density at radius 1 is 1.26 bits per heavy atom. The second-order valence-corrected chi connectivity index (χ2v) is 6.16. The predicted octanol–water partition coefficient (Wildman–Crippen LogP) is 3.37. The van der Waals surface area contributed by atoms with Gasteiger partial charge in [-0.2, -0.15) is 5.26 Å². The number of nitrogens with zero attached hydrogens (tertiary/aromatic N) is 2. The third kappa shape index (κ3) is 3.13. The van der Waals surface area contributed by atoms with Crippen molar-refractivity contribution in [2.45, 2.75) is 45.6 Å². The van der Waals surface area contributed by atoms with Gasteiger partial charge in [0.05, 0.1) is 6.10 Å². The molecule has 19 heavy (non-hydrogen) atoms. The summed E-state index contributed by atoms with van der Waals surface area (Å²) in [5.74, 6) is 0.707. The maximum absolute atomic E-state index is 9.15. The number of nitrogens with two attached hydrogens (primary N) is 1. The maximum atomic E-state index is 9.15. The van der Waals surface area contributed by atoms with Crippen molar-refractivity contribution in [1.29, 1.82) is 5.26 Å². The zero-order chi connectivity index (χ0) is 13.8. The zero-order valence-corrected chi connectivity index (χ0v) is 12.4. The Labute approximate surface area is 118 Å². The molecule has 1 aromatic rings. The van der Waals surface area contributed by atoms with E-state index in [1.165, 1.54) is 37.0 Å². The largest absolute Gasteiger partial charge is 0.486 e. The Morgan fingerprint density at radius 3 is 2.42 bits per heavy atom. The van der Waals surface area contributed by atoms with Gasteiger partial charge in [0.15, 0.2) is 5.75 Å². The second kappa shape index (κ2) is 6.16. The quantitative estimate of drug-likeness (QED) is 0.921. The molecule has 5 heteroatoms. The number of hydrogen-bond donors (Lipinski definition) is 1. The molecule has 104 valence electrons. The summed E-state index contributed by atoms with van der Waals surface area (Å²) < 4.78 is 5.85. The average molecular weight is 279 g/mol. The first-order valence-corrected chi connectivity index (χ1v) is 7.69. The molecule has 4 nitrogen and oxygen atoms in total. The van der Waals surface area contributed by atoms with E-state index >= 15 is 0 Å². The summed E-state index contributed by atoms with van der Waals surface area (Å²) in [5, 5.41) is 10.2. The standard InChI is InChI=1S/C14H21N3OS/c1-10(2)18-13-12(16)11(9-15)19-14(13)17-7-5-3-4-6-8-17/h10H,3-8,16H2,1-2H3. The van der Waals surface area contributed by atoms with Crippen LogP contribution in [0.4, 0.5) is 10.7 Å². The van der Waals surface area contributed by atoms with Crippen molar-refractivity contribution in [3.05, 3.63) is 4.88 Å². The lowest BCUT2D eigenvalue weighted by molar-refractivity contribution is 0.245. The van der Waals surface area contributed by atoms with Crippen molar-refractivity contribution in [2.75, 3.05) is 23.7 Å². The molecular weight excluding hydrogens is 258 g/mol. The summed E-state index contributed by atoms with van der Waals surface area (Å²) in [4.78, 5) is 2.89. The van der Waals surface area contributed by atoms with E-state index < -0.39 is 0 Å². The fourth-order valence-electron chi connectivity index (χ4n) is 2.33. The van der Waals surface area contributed by atoms with Crippen LogP contribution in [0.2, 0.25) is 0 Å². The maximum Gasteiger partial charge on any atom is 0.178 e. The predicted molar refractivity (Wildman–Crippen MR) is 79.9 cm³/mol. The Balaban J connectivity index is 2.34. The van der Waals surface area contributed by atoms with Crippen molar-refractivity contribution in [2.24, 2.45) is 0 Å². The Hall–Kier alpha value is -1.41. The van der Waals surface area contributed by atoms with Gasteiger partial charge in [0.25, 0.3) is 0 Å². The molecule has 1 aromatic heterocycles. The van der Waals surface area contributed by atoms with Crippen molar-refractivity contribution in [3.8, 4) is 11.8 Å². The van der Waals surface area contributed by atoms with Gasteiger partial charge in [-0.3, -0.25) is 0 Å². The van der Waals surface area contributed by atoms with Crippen molar-refractivity contribution < 1.29 is 4.74 Å². The molecule has 0 atom stereocenters. The fourth-order valence-corrected chi connectivity index (χ4v) is 3.33. The summed E-state index contributed by atoms with van der Waals surface area (Å²) >= 11 is 1.46. The first kappa shape index (κ1) is 14.0. The van der Waals surface area contributed by atoms with Gasteiger partial charge in [-0.15, -0.1) is 11.3 Å². The molecule has 0 saturated carbocycles. The van der Waals surface area contributed by atoms with Gasteiger partial charge in [-0.05, 0) is 26.7 Å². The van der Waals surface area contributed by atoms with Crippen molar-refractivity contribution >= 4 is 22.0 Å². The van der Waals surface area contributed by atoms with Crippen LogP contribution in [0.15, 0.2) is 0 Å². The molecule has 0 bridgehead atoms. The number of anilines is 2. The van der Waals surface area contributed by atoms with E-state index in [9.17, 15) is 0 Å². The Kier molecular flexibility index (Phi) is 4.54.